The van der Waals surface area contributed by atoms with E-state index >= 15 is 0 Å². The van der Waals surface area contributed by atoms with Gasteiger partial charge in [0.05, 0.1) is 29.3 Å². The third kappa shape index (κ3) is 4.10. The van der Waals surface area contributed by atoms with E-state index in [1.165, 1.54) is 30.5 Å². The van der Waals surface area contributed by atoms with Gasteiger partial charge in [0.1, 0.15) is 0 Å². The summed E-state index contributed by atoms with van der Waals surface area (Å²) in [5.41, 5.74) is 3.21. The first kappa shape index (κ1) is 20.9. The molecule has 7 nitrogen and oxygen atoms in total. The first-order valence-corrected chi connectivity index (χ1v) is 10.5. The first-order valence-electron chi connectivity index (χ1n) is 9.63. The van der Waals surface area contributed by atoms with Crippen LogP contribution in [-0.4, -0.2) is 31.7 Å². The van der Waals surface area contributed by atoms with Gasteiger partial charge in [0.2, 0.25) is 0 Å². The lowest BCUT2D eigenvalue weighted by Gasteiger charge is -2.20. The minimum Gasteiger partial charge on any atom is -0.472 e. The number of halogens is 3. The maximum atomic E-state index is 13.5. The zero-order valence-corrected chi connectivity index (χ0v) is 17.5. The van der Waals surface area contributed by atoms with E-state index in [9.17, 15) is 18.0 Å². The Morgan fingerprint density at radius 2 is 2.00 bits per heavy atom. The molecule has 0 aliphatic rings. The van der Waals surface area contributed by atoms with Crippen molar-refractivity contribution in [1.29, 1.82) is 0 Å². The van der Waals surface area contributed by atoms with E-state index in [1.807, 2.05) is 5.32 Å². The summed E-state index contributed by atoms with van der Waals surface area (Å²) in [4.78, 5) is 20.9. The van der Waals surface area contributed by atoms with E-state index in [2.05, 4.69) is 15.1 Å². The van der Waals surface area contributed by atoms with E-state index in [-0.39, 0.29) is 10.6 Å². The van der Waals surface area contributed by atoms with Gasteiger partial charge >= 0.3 is 6.18 Å². The van der Waals surface area contributed by atoms with Gasteiger partial charge in [-0.05, 0) is 35.2 Å². The molecule has 0 radical (unpaired) electrons. The van der Waals surface area contributed by atoms with Crippen molar-refractivity contribution >= 4 is 22.9 Å². The van der Waals surface area contributed by atoms with Crippen LogP contribution in [0.25, 0.3) is 27.9 Å². The predicted molar refractivity (Wildman–Crippen MR) is 115 cm³/mol. The van der Waals surface area contributed by atoms with E-state index < -0.39 is 18.1 Å². The molecule has 0 aromatic carbocycles. The Morgan fingerprint density at radius 3 is 2.73 bits per heavy atom. The van der Waals surface area contributed by atoms with E-state index in [4.69, 9.17) is 4.42 Å². The highest BCUT2D eigenvalue weighted by atomic mass is 32.1. The SMILES string of the molecule is O=C(NC(c1ccccn1)C(F)(F)F)c1cc(-c2cnn3cc(-c4ccoc4)cnc23)cs1. The van der Waals surface area contributed by atoms with Crippen LogP contribution in [0.4, 0.5) is 13.2 Å². The number of thiophene rings is 1. The normalized spacial score (nSPS) is 12.7. The summed E-state index contributed by atoms with van der Waals surface area (Å²) in [6.07, 6.45) is 4.77. The number of nitrogens with one attached hydrogen (secondary N) is 1. The minimum absolute atomic E-state index is 0.129. The van der Waals surface area contributed by atoms with Crippen molar-refractivity contribution in [2.45, 2.75) is 12.2 Å². The van der Waals surface area contributed by atoms with Gasteiger partial charge in [-0.2, -0.15) is 18.3 Å². The van der Waals surface area contributed by atoms with Crippen molar-refractivity contribution in [1.82, 2.24) is 24.9 Å². The molecule has 1 unspecified atom stereocenters. The van der Waals surface area contributed by atoms with Gasteiger partial charge in [0.15, 0.2) is 11.7 Å². The average molecular weight is 469 g/mol. The number of furan rings is 1. The van der Waals surface area contributed by atoms with Crippen molar-refractivity contribution in [2.24, 2.45) is 0 Å². The Hall–Kier alpha value is -3.99. The number of pyridine rings is 1. The van der Waals surface area contributed by atoms with E-state index in [0.717, 1.165) is 22.5 Å². The molecule has 1 N–H and O–H groups in total. The molecule has 0 aliphatic heterocycles. The molecule has 33 heavy (non-hydrogen) atoms. The van der Waals surface area contributed by atoms with Crippen LogP contribution in [0.2, 0.25) is 0 Å². The summed E-state index contributed by atoms with van der Waals surface area (Å²) in [5, 5.41) is 8.04. The highest BCUT2D eigenvalue weighted by Gasteiger charge is 2.43. The monoisotopic (exact) mass is 469 g/mol. The fraction of sp³-hybridized carbons (Fsp3) is 0.0909. The van der Waals surface area contributed by atoms with Crippen LogP contribution in [0.3, 0.4) is 0 Å². The molecule has 0 fully saturated rings. The standard InChI is InChI=1S/C22H14F3N5O2S/c23-22(24,25)19(17-3-1-2-5-26-17)29-21(31)18-7-14(12-33-18)16-9-28-30-10-15(8-27-20(16)30)13-4-6-32-11-13/h1-12,19H,(H,29,31). The summed E-state index contributed by atoms with van der Waals surface area (Å²) in [5.74, 6) is -0.842. The molecule has 5 aromatic rings. The molecule has 0 spiro atoms. The lowest BCUT2D eigenvalue weighted by atomic mass is 10.1. The zero-order valence-electron chi connectivity index (χ0n) is 16.7. The van der Waals surface area contributed by atoms with Crippen molar-refractivity contribution in [3.05, 3.63) is 83.6 Å². The van der Waals surface area contributed by atoms with Crippen LogP contribution < -0.4 is 5.32 Å². The Morgan fingerprint density at radius 1 is 1.12 bits per heavy atom. The summed E-state index contributed by atoms with van der Waals surface area (Å²) < 4.78 is 47.3. The molecule has 0 bridgehead atoms. The number of fused-ring (bicyclic) bond motifs is 1. The van der Waals surface area contributed by atoms with Gasteiger partial charge in [-0.15, -0.1) is 11.3 Å². The van der Waals surface area contributed by atoms with Crippen LogP contribution in [0, 0.1) is 0 Å². The number of aromatic nitrogens is 4. The number of hydrogen-bond acceptors (Lipinski definition) is 6. The smallest absolute Gasteiger partial charge is 0.414 e. The molecule has 166 valence electrons. The molecule has 5 heterocycles. The fourth-order valence-corrected chi connectivity index (χ4v) is 4.14. The van der Waals surface area contributed by atoms with Gasteiger partial charge in [-0.1, -0.05) is 6.07 Å². The first-order chi connectivity index (χ1) is 15.9. The maximum Gasteiger partial charge on any atom is 0.414 e. The number of hydrogen-bond donors (Lipinski definition) is 1. The van der Waals surface area contributed by atoms with Gasteiger partial charge in [-0.25, -0.2) is 9.50 Å². The van der Waals surface area contributed by atoms with Gasteiger partial charge < -0.3 is 9.73 Å². The van der Waals surface area contributed by atoms with Crippen LogP contribution in [0.1, 0.15) is 21.4 Å². The van der Waals surface area contributed by atoms with E-state index in [1.54, 1.807) is 47.1 Å². The van der Waals surface area contributed by atoms with Gasteiger partial charge in [0.25, 0.3) is 5.91 Å². The number of amides is 1. The van der Waals surface area contributed by atoms with Crippen LogP contribution in [0.15, 0.2) is 77.4 Å². The lowest BCUT2D eigenvalue weighted by molar-refractivity contribution is -0.156. The summed E-state index contributed by atoms with van der Waals surface area (Å²) in [6, 6.07) is 5.28. The topological polar surface area (TPSA) is 85.3 Å². The lowest BCUT2D eigenvalue weighted by Crippen LogP contribution is -2.38. The van der Waals surface area contributed by atoms with Crippen molar-refractivity contribution in [3.63, 3.8) is 0 Å². The summed E-state index contributed by atoms with van der Waals surface area (Å²) >= 11 is 1.04. The number of nitrogens with zero attached hydrogens (tertiary/aromatic N) is 4. The molecule has 11 heteroatoms. The van der Waals surface area contributed by atoms with Crippen LogP contribution in [-0.2, 0) is 0 Å². The zero-order chi connectivity index (χ0) is 23.0. The largest absolute Gasteiger partial charge is 0.472 e. The Labute approximate surface area is 188 Å². The Bertz CT molecular complexity index is 1410. The Kier molecular flexibility index (Phi) is 5.17. The third-order valence-electron chi connectivity index (χ3n) is 4.93. The quantitative estimate of drug-likeness (QED) is 0.385. The molecule has 5 aromatic heterocycles. The highest BCUT2D eigenvalue weighted by Crippen LogP contribution is 2.33. The van der Waals surface area contributed by atoms with Gasteiger partial charge in [-0.3, -0.25) is 9.78 Å². The van der Waals surface area contributed by atoms with Gasteiger partial charge in [0, 0.05) is 35.3 Å². The van der Waals surface area contributed by atoms with Crippen molar-refractivity contribution in [3.8, 4) is 22.3 Å². The second kappa shape index (κ2) is 8.17. The summed E-state index contributed by atoms with van der Waals surface area (Å²) in [7, 11) is 0. The van der Waals surface area contributed by atoms with Crippen LogP contribution in [0.5, 0.6) is 0 Å². The molecular weight excluding hydrogens is 455 g/mol. The number of rotatable bonds is 5. The number of carbonyl (C=O) groups is 1. The Balaban J connectivity index is 1.41. The molecule has 0 aliphatic carbocycles. The van der Waals surface area contributed by atoms with E-state index in [0.29, 0.717) is 16.8 Å². The molecular formula is C22H14F3N5O2S. The van der Waals surface area contributed by atoms with Crippen molar-refractivity contribution in [2.75, 3.05) is 0 Å². The van der Waals surface area contributed by atoms with Crippen molar-refractivity contribution < 1.29 is 22.4 Å². The highest BCUT2D eigenvalue weighted by molar-refractivity contribution is 7.12. The molecule has 0 saturated carbocycles. The number of alkyl halides is 3. The minimum atomic E-state index is -4.69. The fourth-order valence-electron chi connectivity index (χ4n) is 3.33. The maximum absolute atomic E-state index is 13.5. The predicted octanol–water partition coefficient (Wildman–Crippen LogP) is 5.15. The third-order valence-corrected chi connectivity index (χ3v) is 5.86. The number of carbonyl (C=O) groups excluding carboxylic acids is 1. The molecule has 1 atom stereocenters. The molecule has 5 rings (SSSR count). The average Bonchev–Trinajstić information content (AvgIpc) is 3.57. The molecule has 0 saturated heterocycles. The molecule has 1 amide bonds. The second-order valence-electron chi connectivity index (χ2n) is 7.08. The summed E-state index contributed by atoms with van der Waals surface area (Å²) in [6.45, 7) is 0. The second-order valence-corrected chi connectivity index (χ2v) is 7.99. The van der Waals surface area contributed by atoms with Crippen LogP contribution >= 0.6 is 11.3 Å².